The highest BCUT2D eigenvalue weighted by Gasteiger charge is 2.28. The van der Waals surface area contributed by atoms with Gasteiger partial charge in [0.2, 0.25) is 11.8 Å². The normalized spacial score (nSPS) is 18.1. The van der Waals surface area contributed by atoms with Crippen molar-refractivity contribution in [2.75, 3.05) is 13.1 Å². The molecular weight excluding hydrogens is 342 g/mol. The lowest BCUT2D eigenvalue weighted by atomic mass is 9.94. The van der Waals surface area contributed by atoms with Crippen LogP contribution in [0.15, 0.2) is 4.52 Å². The number of aromatic nitrogens is 4. The summed E-state index contributed by atoms with van der Waals surface area (Å²) < 4.78 is 5.43. The van der Waals surface area contributed by atoms with Gasteiger partial charge in [-0.1, -0.05) is 19.0 Å². The molecule has 0 saturated carbocycles. The highest BCUT2D eigenvalue weighted by Crippen LogP contribution is 2.28. The molecule has 0 atom stereocenters. The number of fused-ring (bicyclic) bond motifs is 1. The summed E-state index contributed by atoms with van der Waals surface area (Å²) in [7, 11) is 0. The zero-order valence-electron chi connectivity index (χ0n) is 16.3. The first kappa shape index (κ1) is 18.2. The Morgan fingerprint density at radius 2 is 2.04 bits per heavy atom. The number of amides is 1. The maximum atomic E-state index is 12.6. The SMILES string of the molecule is CC(C)c1noc(C2CCN(C(=O)CCc3n[nH]c4c3CCCC4)CC2)n1. The summed E-state index contributed by atoms with van der Waals surface area (Å²) >= 11 is 0. The van der Waals surface area contributed by atoms with E-state index in [1.807, 2.05) is 4.90 Å². The molecule has 0 spiro atoms. The van der Waals surface area contributed by atoms with Crippen LogP contribution in [0.2, 0.25) is 0 Å². The van der Waals surface area contributed by atoms with Crippen molar-refractivity contribution in [3.63, 3.8) is 0 Å². The third-order valence-corrected chi connectivity index (χ3v) is 5.89. The molecule has 146 valence electrons. The van der Waals surface area contributed by atoms with Crippen LogP contribution in [-0.4, -0.2) is 44.2 Å². The molecule has 27 heavy (non-hydrogen) atoms. The Morgan fingerprint density at radius 3 is 2.78 bits per heavy atom. The van der Waals surface area contributed by atoms with Crippen molar-refractivity contribution in [3.8, 4) is 0 Å². The third kappa shape index (κ3) is 3.92. The lowest BCUT2D eigenvalue weighted by Gasteiger charge is -2.30. The summed E-state index contributed by atoms with van der Waals surface area (Å²) in [6.45, 7) is 5.65. The van der Waals surface area contributed by atoms with Gasteiger partial charge in [-0.05, 0) is 44.1 Å². The van der Waals surface area contributed by atoms with Crippen molar-refractivity contribution in [1.82, 2.24) is 25.2 Å². The number of aromatic amines is 1. The zero-order valence-corrected chi connectivity index (χ0v) is 16.3. The Kier molecular flexibility index (Phi) is 5.27. The Morgan fingerprint density at radius 1 is 1.26 bits per heavy atom. The fraction of sp³-hybridized carbons (Fsp3) is 0.700. The van der Waals surface area contributed by atoms with Crippen molar-refractivity contribution in [1.29, 1.82) is 0 Å². The number of carbonyl (C=O) groups is 1. The Bertz CT molecular complexity index is 786. The molecule has 1 fully saturated rings. The highest BCUT2D eigenvalue weighted by molar-refractivity contribution is 5.76. The number of aryl methyl sites for hydroxylation is 2. The summed E-state index contributed by atoms with van der Waals surface area (Å²) in [5.41, 5.74) is 3.75. The maximum Gasteiger partial charge on any atom is 0.229 e. The van der Waals surface area contributed by atoms with E-state index in [1.54, 1.807) is 0 Å². The second kappa shape index (κ2) is 7.82. The van der Waals surface area contributed by atoms with E-state index in [4.69, 9.17) is 4.52 Å². The van der Waals surface area contributed by atoms with Gasteiger partial charge >= 0.3 is 0 Å². The predicted molar refractivity (Wildman–Crippen MR) is 100 cm³/mol. The smallest absolute Gasteiger partial charge is 0.229 e. The summed E-state index contributed by atoms with van der Waals surface area (Å²) in [6.07, 6.45) is 7.73. The molecule has 7 heteroatoms. The minimum Gasteiger partial charge on any atom is -0.343 e. The molecule has 2 aromatic rings. The standard InChI is InChI=1S/C20H29N5O2/c1-13(2)19-21-20(27-24-19)14-9-11-25(12-10-14)18(26)8-7-17-15-5-3-4-6-16(15)22-23-17/h13-14H,3-12H2,1-2H3,(H,22,23). The molecular formula is C20H29N5O2. The molecule has 1 saturated heterocycles. The van der Waals surface area contributed by atoms with Crippen molar-refractivity contribution >= 4 is 5.91 Å². The van der Waals surface area contributed by atoms with Crippen molar-refractivity contribution in [2.24, 2.45) is 0 Å². The van der Waals surface area contributed by atoms with E-state index < -0.39 is 0 Å². The lowest BCUT2D eigenvalue weighted by Crippen LogP contribution is -2.38. The number of nitrogens with zero attached hydrogens (tertiary/aromatic N) is 4. The van der Waals surface area contributed by atoms with Gasteiger partial charge in [0.15, 0.2) is 5.82 Å². The summed E-state index contributed by atoms with van der Waals surface area (Å²) in [5, 5.41) is 11.7. The summed E-state index contributed by atoms with van der Waals surface area (Å²) in [5.74, 6) is 2.28. The van der Waals surface area contributed by atoms with Gasteiger partial charge in [0.1, 0.15) is 0 Å². The van der Waals surface area contributed by atoms with E-state index in [0.717, 1.165) is 62.6 Å². The number of likely N-dealkylation sites (tertiary alicyclic amines) is 1. The van der Waals surface area contributed by atoms with Gasteiger partial charge in [-0.3, -0.25) is 9.89 Å². The number of hydrogen-bond acceptors (Lipinski definition) is 5. The van der Waals surface area contributed by atoms with Crippen LogP contribution in [0.3, 0.4) is 0 Å². The van der Waals surface area contributed by atoms with Gasteiger partial charge in [-0.2, -0.15) is 10.1 Å². The molecule has 7 nitrogen and oxygen atoms in total. The van der Waals surface area contributed by atoms with E-state index in [1.165, 1.54) is 24.1 Å². The predicted octanol–water partition coefficient (Wildman–Crippen LogP) is 3.13. The number of nitrogens with one attached hydrogen (secondary N) is 1. The van der Waals surface area contributed by atoms with E-state index in [2.05, 4.69) is 34.2 Å². The third-order valence-electron chi connectivity index (χ3n) is 5.89. The fourth-order valence-corrected chi connectivity index (χ4v) is 4.16. The molecule has 0 bridgehead atoms. The molecule has 0 radical (unpaired) electrons. The van der Waals surface area contributed by atoms with Gasteiger partial charge in [0, 0.05) is 43.5 Å². The Labute approximate surface area is 159 Å². The quantitative estimate of drug-likeness (QED) is 0.872. The topological polar surface area (TPSA) is 87.9 Å². The van der Waals surface area contributed by atoms with Crippen LogP contribution in [0, 0.1) is 0 Å². The highest BCUT2D eigenvalue weighted by atomic mass is 16.5. The molecule has 1 aliphatic heterocycles. The first-order valence-electron chi connectivity index (χ1n) is 10.3. The molecule has 0 unspecified atom stereocenters. The number of carbonyl (C=O) groups excluding carboxylic acids is 1. The summed E-state index contributed by atoms with van der Waals surface area (Å²) in [4.78, 5) is 19.1. The lowest BCUT2D eigenvalue weighted by molar-refractivity contribution is -0.132. The molecule has 1 aliphatic carbocycles. The van der Waals surface area contributed by atoms with Crippen LogP contribution in [0.25, 0.3) is 0 Å². The minimum atomic E-state index is 0.231. The maximum absolute atomic E-state index is 12.6. The Balaban J connectivity index is 1.28. The first-order chi connectivity index (χ1) is 13.1. The van der Waals surface area contributed by atoms with Crippen molar-refractivity contribution < 1.29 is 9.32 Å². The zero-order chi connectivity index (χ0) is 18.8. The number of piperidine rings is 1. The second-order valence-electron chi connectivity index (χ2n) is 8.14. The number of H-pyrrole nitrogens is 1. The molecule has 3 heterocycles. The molecule has 0 aromatic carbocycles. The average Bonchev–Trinajstić information content (AvgIpc) is 3.34. The second-order valence-corrected chi connectivity index (χ2v) is 8.14. The van der Waals surface area contributed by atoms with E-state index in [0.29, 0.717) is 6.42 Å². The average molecular weight is 371 g/mol. The van der Waals surface area contributed by atoms with Gasteiger partial charge in [-0.15, -0.1) is 0 Å². The monoisotopic (exact) mass is 371 g/mol. The number of hydrogen-bond donors (Lipinski definition) is 1. The summed E-state index contributed by atoms with van der Waals surface area (Å²) in [6, 6.07) is 0. The molecule has 4 rings (SSSR count). The molecule has 2 aromatic heterocycles. The van der Waals surface area contributed by atoms with Crippen LogP contribution in [0.4, 0.5) is 0 Å². The van der Waals surface area contributed by atoms with Gasteiger partial charge in [0.25, 0.3) is 0 Å². The van der Waals surface area contributed by atoms with E-state index in [9.17, 15) is 4.79 Å². The van der Waals surface area contributed by atoms with Crippen LogP contribution in [-0.2, 0) is 24.1 Å². The van der Waals surface area contributed by atoms with Crippen molar-refractivity contribution in [3.05, 3.63) is 28.7 Å². The Hall–Kier alpha value is -2.18. The molecule has 1 N–H and O–H groups in total. The van der Waals surface area contributed by atoms with E-state index in [-0.39, 0.29) is 17.7 Å². The molecule has 1 amide bonds. The van der Waals surface area contributed by atoms with E-state index >= 15 is 0 Å². The van der Waals surface area contributed by atoms with Crippen LogP contribution in [0.1, 0.15) is 86.5 Å². The van der Waals surface area contributed by atoms with Crippen LogP contribution < -0.4 is 0 Å². The molecule has 2 aliphatic rings. The number of rotatable bonds is 5. The van der Waals surface area contributed by atoms with Crippen LogP contribution >= 0.6 is 0 Å². The minimum absolute atomic E-state index is 0.231. The van der Waals surface area contributed by atoms with Gasteiger partial charge in [-0.25, -0.2) is 0 Å². The van der Waals surface area contributed by atoms with Gasteiger partial charge in [0.05, 0.1) is 5.69 Å². The fourth-order valence-electron chi connectivity index (χ4n) is 4.16. The first-order valence-corrected chi connectivity index (χ1v) is 10.3. The van der Waals surface area contributed by atoms with Gasteiger partial charge < -0.3 is 9.42 Å². The largest absolute Gasteiger partial charge is 0.343 e. The van der Waals surface area contributed by atoms with Crippen LogP contribution in [0.5, 0.6) is 0 Å². The van der Waals surface area contributed by atoms with Crippen molar-refractivity contribution in [2.45, 2.75) is 77.0 Å².